The molecule has 1 aromatic heterocycles. The van der Waals surface area contributed by atoms with Gasteiger partial charge < -0.3 is 9.47 Å². The summed E-state index contributed by atoms with van der Waals surface area (Å²) < 4.78 is 64.0. The van der Waals surface area contributed by atoms with Gasteiger partial charge in [-0.25, -0.2) is 22.5 Å². The molecule has 142 valence electrons. The van der Waals surface area contributed by atoms with Gasteiger partial charge in [-0.2, -0.15) is 0 Å². The van der Waals surface area contributed by atoms with Gasteiger partial charge in [0.2, 0.25) is 5.88 Å². The van der Waals surface area contributed by atoms with E-state index in [4.69, 9.17) is 21.1 Å². The third-order valence-corrected chi connectivity index (χ3v) is 4.34. The molecule has 0 fully saturated rings. The molecule has 2 aromatic carbocycles. The van der Waals surface area contributed by atoms with E-state index in [0.29, 0.717) is 9.86 Å². The van der Waals surface area contributed by atoms with Crippen LogP contribution in [0.15, 0.2) is 47.1 Å². The zero-order chi connectivity index (χ0) is 19.6. The van der Waals surface area contributed by atoms with Crippen LogP contribution in [0, 0.1) is 5.82 Å². The monoisotopic (exact) mass is 463 g/mol. The predicted octanol–water partition coefficient (Wildman–Crippen LogP) is 6.56. The third-order valence-electron chi connectivity index (χ3n) is 3.59. The van der Waals surface area contributed by atoms with Gasteiger partial charge in [0.1, 0.15) is 12.4 Å². The Morgan fingerprint density at radius 3 is 2.63 bits per heavy atom. The second-order valence-electron chi connectivity index (χ2n) is 5.42. The Hall–Kier alpha value is -2.06. The molecule has 1 atom stereocenters. The Labute approximate surface area is 165 Å². The van der Waals surface area contributed by atoms with Crippen LogP contribution in [0.4, 0.5) is 17.6 Å². The zero-order valence-electron chi connectivity index (χ0n) is 13.4. The molecule has 1 heterocycles. The number of hydrogen-bond acceptors (Lipinski definition) is 3. The highest BCUT2D eigenvalue weighted by Gasteiger charge is 2.25. The molecule has 0 amide bonds. The average molecular weight is 465 g/mol. The predicted molar refractivity (Wildman–Crippen MR) is 97.3 cm³/mol. The van der Waals surface area contributed by atoms with Gasteiger partial charge in [0.05, 0.1) is 10.4 Å². The van der Waals surface area contributed by atoms with Crippen molar-refractivity contribution < 1.29 is 27.0 Å². The Bertz CT molecular complexity index is 953. The summed E-state index contributed by atoms with van der Waals surface area (Å²) in [4.78, 5) is 4.03. The molecule has 0 radical (unpaired) electrons. The first-order chi connectivity index (χ1) is 12.9. The van der Waals surface area contributed by atoms with Crippen molar-refractivity contribution in [1.82, 2.24) is 4.98 Å². The lowest BCUT2D eigenvalue weighted by Crippen LogP contribution is -2.27. The summed E-state index contributed by atoms with van der Waals surface area (Å²) in [5.74, 6) is -1.20. The molecule has 0 saturated carbocycles. The number of aromatic nitrogens is 1. The van der Waals surface area contributed by atoms with Crippen molar-refractivity contribution in [3.05, 3.63) is 57.9 Å². The van der Waals surface area contributed by atoms with Crippen LogP contribution in [0.5, 0.6) is 17.4 Å². The highest BCUT2D eigenvalue weighted by molar-refractivity contribution is 9.10. The molecule has 9 heteroatoms. The lowest BCUT2D eigenvalue weighted by molar-refractivity contribution is -0.000451. The van der Waals surface area contributed by atoms with Crippen LogP contribution in [-0.4, -0.2) is 24.2 Å². The number of pyridine rings is 1. The molecular formula is C18H11BrClF4NO2. The minimum Gasteiger partial charge on any atom is -0.481 e. The number of hydrogen-bond donors (Lipinski definition) is 0. The molecule has 3 rings (SSSR count). The van der Waals surface area contributed by atoms with E-state index in [1.807, 2.05) is 0 Å². The third kappa shape index (κ3) is 4.27. The van der Waals surface area contributed by atoms with Crippen LogP contribution >= 0.6 is 27.5 Å². The van der Waals surface area contributed by atoms with Gasteiger partial charge in [-0.15, -0.1) is 0 Å². The van der Waals surface area contributed by atoms with Crippen LogP contribution in [0.3, 0.4) is 0 Å². The van der Waals surface area contributed by atoms with Crippen molar-refractivity contribution in [2.45, 2.75) is 12.5 Å². The van der Waals surface area contributed by atoms with Gasteiger partial charge in [0.25, 0.3) is 6.43 Å². The molecular weight excluding hydrogens is 454 g/mol. The Balaban J connectivity index is 2.13. The summed E-state index contributed by atoms with van der Waals surface area (Å²) in [5, 5.41) is 0.686. The van der Waals surface area contributed by atoms with Gasteiger partial charge in [0, 0.05) is 10.7 Å². The number of rotatable bonds is 6. The second kappa shape index (κ2) is 8.31. The highest BCUT2D eigenvalue weighted by Crippen LogP contribution is 2.40. The molecule has 0 N–H and O–H groups in total. The molecule has 0 bridgehead atoms. The molecule has 3 nitrogen and oxygen atoms in total. The molecule has 0 spiro atoms. The van der Waals surface area contributed by atoms with Gasteiger partial charge in [-0.05, 0) is 35.7 Å². The Morgan fingerprint density at radius 1 is 1.19 bits per heavy atom. The number of halogens is 6. The summed E-state index contributed by atoms with van der Waals surface area (Å²) in [6.07, 6.45) is -3.61. The smallest absolute Gasteiger partial charge is 0.277 e. The normalized spacial score (nSPS) is 12.4. The van der Waals surface area contributed by atoms with Crippen LogP contribution in [0.2, 0.25) is 5.02 Å². The molecule has 1 unspecified atom stereocenters. The highest BCUT2D eigenvalue weighted by atomic mass is 79.9. The minimum atomic E-state index is -3.04. The van der Waals surface area contributed by atoms with E-state index in [1.54, 1.807) is 12.1 Å². The van der Waals surface area contributed by atoms with E-state index in [0.717, 1.165) is 6.07 Å². The molecule has 0 aliphatic carbocycles. The molecule has 3 aromatic rings. The fourth-order valence-electron chi connectivity index (χ4n) is 2.37. The number of benzene rings is 2. The number of ether oxygens (including phenoxy) is 2. The lowest BCUT2D eigenvalue weighted by atomic mass is 10.1. The maximum atomic E-state index is 14.0. The number of fused-ring (bicyclic) bond motifs is 1. The van der Waals surface area contributed by atoms with E-state index < -0.39 is 25.0 Å². The number of nitrogens with zero attached hydrogens (tertiary/aromatic N) is 1. The first kappa shape index (κ1) is 19.7. The molecule has 0 aliphatic rings. The van der Waals surface area contributed by atoms with E-state index >= 15 is 0 Å². The van der Waals surface area contributed by atoms with Gasteiger partial charge in [-0.1, -0.05) is 33.6 Å². The number of alkyl halides is 3. The van der Waals surface area contributed by atoms with Crippen LogP contribution in [-0.2, 0) is 0 Å². The number of para-hydroxylation sites is 1. The van der Waals surface area contributed by atoms with Gasteiger partial charge in [0.15, 0.2) is 17.7 Å². The standard InChI is InChI=1S/C18H11BrClF4NO2/c19-10-6-9-4-5-25-18(27-16-11(20)2-1-3-12(16)22)15(9)13(7-10)26-14(8-21)17(23)24/h1-7,14,17H,8H2. The van der Waals surface area contributed by atoms with Crippen molar-refractivity contribution >= 4 is 38.3 Å². The van der Waals surface area contributed by atoms with Crippen LogP contribution in [0.1, 0.15) is 0 Å². The SMILES string of the molecule is FCC(Oc1cc(Br)cc2ccnc(Oc3c(F)cccc3Cl)c12)C(F)F. The molecule has 0 saturated heterocycles. The summed E-state index contributed by atoms with van der Waals surface area (Å²) in [7, 11) is 0. The Kier molecular flexibility index (Phi) is 6.06. The minimum absolute atomic E-state index is 0.00241. The van der Waals surface area contributed by atoms with E-state index in [-0.39, 0.29) is 27.8 Å². The fourth-order valence-corrected chi connectivity index (χ4v) is 3.03. The topological polar surface area (TPSA) is 31.4 Å². The quantitative estimate of drug-likeness (QED) is 0.387. The molecule has 27 heavy (non-hydrogen) atoms. The second-order valence-corrected chi connectivity index (χ2v) is 6.74. The summed E-state index contributed by atoms with van der Waals surface area (Å²) in [5.41, 5.74) is 0. The van der Waals surface area contributed by atoms with Crippen molar-refractivity contribution in [2.24, 2.45) is 0 Å². The van der Waals surface area contributed by atoms with E-state index in [9.17, 15) is 17.6 Å². The van der Waals surface area contributed by atoms with Crippen molar-refractivity contribution in [3.8, 4) is 17.4 Å². The first-order valence-corrected chi connectivity index (χ1v) is 8.78. The average Bonchev–Trinajstić information content (AvgIpc) is 2.62. The van der Waals surface area contributed by atoms with Crippen LogP contribution in [0.25, 0.3) is 10.8 Å². The maximum absolute atomic E-state index is 14.0. The van der Waals surface area contributed by atoms with Gasteiger partial charge in [-0.3, -0.25) is 0 Å². The molecule has 0 aliphatic heterocycles. The van der Waals surface area contributed by atoms with Crippen molar-refractivity contribution in [3.63, 3.8) is 0 Å². The maximum Gasteiger partial charge on any atom is 0.277 e. The summed E-state index contributed by atoms with van der Waals surface area (Å²) in [6.45, 7) is -1.39. The fraction of sp³-hybridized carbons (Fsp3) is 0.167. The largest absolute Gasteiger partial charge is 0.481 e. The van der Waals surface area contributed by atoms with Crippen LogP contribution < -0.4 is 9.47 Å². The first-order valence-electron chi connectivity index (χ1n) is 7.61. The Morgan fingerprint density at radius 2 is 1.96 bits per heavy atom. The van der Waals surface area contributed by atoms with Gasteiger partial charge >= 0.3 is 0 Å². The van der Waals surface area contributed by atoms with E-state index in [1.165, 1.54) is 24.4 Å². The lowest BCUT2D eigenvalue weighted by Gasteiger charge is -2.18. The summed E-state index contributed by atoms with van der Waals surface area (Å²) >= 11 is 9.21. The van der Waals surface area contributed by atoms with Crippen molar-refractivity contribution in [2.75, 3.05) is 6.67 Å². The van der Waals surface area contributed by atoms with E-state index in [2.05, 4.69) is 20.9 Å². The zero-order valence-corrected chi connectivity index (χ0v) is 15.8. The summed E-state index contributed by atoms with van der Waals surface area (Å²) in [6, 6.07) is 8.60. The van der Waals surface area contributed by atoms with Crippen molar-refractivity contribution in [1.29, 1.82) is 0 Å².